The molecule has 1 aliphatic rings. The number of hydrogen-bond donors (Lipinski definition) is 1. The molecule has 0 aliphatic heterocycles. The van der Waals surface area contributed by atoms with Crippen LogP contribution in [-0.2, 0) is 32.8 Å². The molecule has 0 aromatic heterocycles. The highest BCUT2D eigenvalue weighted by atomic mass is 28.4. The summed E-state index contributed by atoms with van der Waals surface area (Å²) in [6, 6.07) is 16.6. The molecule has 0 saturated heterocycles. The number of alkyl carbamates (subject to hydrolysis) is 1. The van der Waals surface area contributed by atoms with E-state index in [1.165, 1.54) is 22.3 Å². The van der Waals surface area contributed by atoms with Gasteiger partial charge < -0.3 is 38.2 Å². The van der Waals surface area contributed by atoms with Gasteiger partial charge in [0, 0.05) is 19.1 Å². The molecule has 0 atom stereocenters. The number of carbonyl (C=O) groups is 1. The van der Waals surface area contributed by atoms with E-state index >= 15 is 0 Å². The van der Waals surface area contributed by atoms with Crippen molar-refractivity contribution in [1.29, 1.82) is 0 Å². The van der Waals surface area contributed by atoms with Crippen LogP contribution in [0.2, 0.25) is 19.6 Å². The topological polar surface area (TPSA) is 93.7 Å². The van der Waals surface area contributed by atoms with Crippen LogP contribution in [0.4, 0.5) is 4.79 Å². The number of amides is 1. The largest absolute Gasteiger partial charge is 0.449 e. The van der Waals surface area contributed by atoms with Gasteiger partial charge >= 0.3 is 6.09 Å². The number of ether oxygens (including phenoxy) is 6. The molecule has 1 amide bonds. The Morgan fingerprint density at radius 1 is 0.659 bits per heavy atom. The van der Waals surface area contributed by atoms with Crippen LogP contribution >= 0.6 is 0 Å². The molecule has 3 rings (SSSR count). The van der Waals surface area contributed by atoms with Crippen molar-refractivity contribution < 1.29 is 37.6 Å². The van der Waals surface area contributed by atoms with Gasteiger partial charge in [-0.15, -0.1) is 0 Å². The number of fused-ring (bicyclic) bond motifs is 3. The summed E-state index contributed by atoms with van der Waals surface area (Å²) in [4.78, 5) is 12.2. The molecule has 0 spiro atoms. The summed E-state index contributed by atoms with van der Waals surface area (Å²) in [5.41, 5.74) is 4.84. The molecular formula is C31H47NO8Si. The summed E-state index contributed by atoms with van der Waals surface area (Å²) in [5.74, 6) is 0.0609. The van der Waals surface area contributed by atoms with Crippen molar-refractivity contribution in [2.24, 2.45) is 0 Å². The summed E-state index contributed by atoms with van der Waals surface area (Å²) < 4.78 is 38.8. The van der Waals surface area contributed by atoms with Crippen LogP contribution in [0.1, 0.15) is 23.5 Å². The van der Waals surface area contributed by atoms with E-state index in [4.69, 9.17) is 32.8 Å². The van der Waals surface area contributed by atoms with Crippen molar-refractivity contribution in [3.8, 4) is 11.1 Å². The first-order valence-corrected chi connectivity index (χ1v) is 18.0. The first-order chi connectivity index (χ1) is 20.0. The number of hydrogen-bond acceptors (Lipinski definition) is 8. The Balaban J connectivity index is 1.07. The minimum atomic E-state index is -1.45. The summed E-state index contributed by atoms with van der Waals surface area (Å²) in [6.45, 7) is 13.2. The molecule has 0 fully saturated rings. The van der Waals surface area contributed by atoms with Gasteiger partial charge in [0.2, 0.25) is 0 Å². The number of benzene rings is 2. The lowest BCUT2D eigenvalue weighted by Gasteiger charge is -2.16. The fourth-order valence-corrected chi connectivity index (χ4v) is 5.10. The molecule has 2 aromatic carbocycles. The highest BCUT2D eigenvalue weighted by Crippen LogP contribution is 2.44. The molecular weight excluding hydrogens is 542 g/mol. The van der Waals surface area contributed by atoms with Crippen LogP contribution < -0.4 is 5.32 Å². The van der Waals surface area contributed by atoms with Crippen molar-refractivity contribution >= 4 is 14.4 Å². The van der Waals surface area contributed by atoms with Crippen molar-refractivity contribution in [3.63, 3.8) is 0 Å². The second-order valence-electron chi connectivity index (χ2n) is 10.6. The third-order valence-electron chi connectivity index (χ3n) is 6.33. The Bertz CT molecular complexity index is 970. The Morgan fingerprint density at radius 3 is 1.59 bits per heavy atom. The minimum Gasteiger partial charge on any atom is -0.449 e. The van der Waals surface area contributed by atoms with Gasteiger partial charge in [0.15, 0.2) is 8.32 Å². The van der Waals surface area contributed by atoms with Crippen molar-refractivity contribution in [2.45, 2.75) is 32.0 Å². The van der Waals surface area contributed by atoms with Gasteiger partial charge in [-0.2, -0.15) is 0 Å². The molecule has 0 radical (unpaired) electrons. The summed E-state index contributed by atoms with van der Waals surface area (Å²) in [5, 5.41) is 2.80. The maximum Gasteiger partial charge on any atom is 0.407 e. The Hall–Kier alpha value is -2.31. The molecule has 9 nitrogen and oxygen atoms in total. The van der Waals surface area contributed by atoms with Crippen LogP contribution in [0, 0.1) is 0 Å². The monoisotopic (exact) mass is 589 g/mol. The summed E-state index contributed by atoms with van der Waals surface area (Å²) in [6.07, 6.45) is 0.293. The smallest absolute Gasteiger partial charge is 0.407 e. The molecule has 228 valence electrons. The first kappa shape index (κ1) is 33.2. The van der Waals surface area contributed by atoms with E-state index in [9.17, 15) is 4.79 Å². The third-order valence-corrected chi connectivity index (χ3v) is 7.40. The van der Waals surface area contributed by atoms with Crippen LogP contribution in [0.3, 0.4) is 0 Å². The van der Waals surface area contributed by atoms with Gasteiger partial charge in [-0.25, -0.2) is 4.79 Å². The van der Waals surface area contributed by atoms with Crippen LogP contribution in [-0.4, -0.2) is 100 Å². The van der Waals surface area contributed by atoms with Crippen molar-refractivity contribution in [3.05, 3.63) is 59.7 Å². The molecule has 1 aliphatic carbocycles. The second-order valence-corrected chi connectivity index (χ2v) is 15.1. The standard InChI is InChI=1S/C31H47NO8Si/c1-41(2,3)40-24-23-38-22-21-37-20-19-36-18-17-35-16-15-34-14-8-13-32-31(33)39-25-30-28-11-6-4-9-26(28)27-10-5-7-12-29(27)30/h4-7,9-12,30H,8,13-25H2,1-3H3,(H,32,33). The van der Waals surface area contributed by atoms with Gasteiger partial charge in [0.1, 0.15) is 6.61 Å². The summed E-state index contributed by atoms with van der Waals surface area (Å²) >= 11 is 0. The molecule has 10 heteroatoms. The highest BCUT2D eigenvalue weighted by molar-refractivity contribution is 6.69. The fourth-order valence-electron chi connectivity index (χ4n) is 4.40. The van der Waals surface area contributed by atoms with E-state index in [-0.39, 0.29) is 5.92 Å². The third kappa shape index (κ3) is 13.0. The van der Waals surface area contributed by atoms with E-state index in [0.29, 0.717) is 92.2 Å². The lowest BCUT2D eigenvalue weighted by atomic mass is 9.98. The van der Waals surface area contributed by atoms with E-state index in [0.717, 1.165) is 0 Å². The van der Waals surface area contributed by atoms with Crippen molar-refractivity contribution in [2.75, 3.05) is 85.8 Å². The Labute approximate surface area is 245 Å². The fraction of sp³-hybridized carbons (Fsp3) is 0.581. The Kier molecular flexibility index (Phi) is 15.4. The predicted molar refractivity (Wildman–Crippen MR) is 161 cm³/mol. The van der Waals surface area contributed by atoms with E-state index in [2.05, 4.69) is 49.2 Å². The quantitative estimate of drug-likeness (QED) is 0.154. The molecule has 2 aromatic rings. The van der Waals surface area contributed by atoms with Crippen LogP contribution in [0.25, 0.3) is 11.1 Å². The highest BCUT2D eigenvalue weighted by Gasteiger charge is 2.28. The maximum atomic E-state index is 12.2. The normalized spacial score (nSPS) is 12.8. The SMILES string of the molecule is C[Si](C)(C)OCCOCCOCCOCCOCCOCCCNC(=O)OCC1c2ccccc2-c2ccccc21. The van der Waals surface area contributed by atoms with Gasteiger partial charge in [-0.3, -0.25) is 0 Å². The zero-order chi connectivity index (χ0) is 29.2. The van der Waals surface area contributed by atoms with Gasteiger partial charge in [-0.05, 0) is 48.3 Å². The second kappa shape index (κ2) is 19.0. The van der Waals surface area contributed by atoms with Crippen LogP contribution in [0.5, 0.6) is 0 Å². The Morgan fingerprint density at radius 2 is 1.10 bits per heavy atom. The van der Waals surface area contributed by atoms with E-state index in [1.807, 2.05) is 24.3 Å². The predicted octanol–water partition coefficient (Wildman–Crippen LogP) is 4.85. The number of carbonyl (C=O) groups excluding carboxylic acids is 1. The molecule has 0 unspecified atom stereocenters. The molecule has 41 heavy (non-hydrogen) atoms. The maximum absolute atomic E-state index is 12.2. The molecule has 1 N–H and O–H groups in total. The minimum absolute atomic E-state index is 0.0609. The lowest BCUT2D eigenvalue weighted by Crippen LogP contribution is -2.27. The van der Waals surface area contributed by atoms with Gasteiger partial charge in [-0.1, -0.05) is 48.5 Å². The number of rotatable bonds is 22. The van der Waals surface area contributed by atoms with Gasteiger partial charge in [0.05, 0.1) is 66.1 Å². The zero-order valence-electron chi connectivity index (χ0n) is 24.9. The van der Waals surface area contributed by atoms with Crippen LogP contribution in [0.15, 0.2) is 48.5 Å². The van der Waals surface area contributed by atoms with Gasteiger partial charge in [0.25, 0.3) is 0 Å². The average molecular weight is 590 g/mol. The van der Waals surface area contributed by atoms with E-state index < -0.39 is 14.4 Å². The number of nitrogens with one attached hydrogen (secondary N) is 1. The molecule has 0 heterocycles. The van der Waals surface area contributed by atoms with Crippen molar-refractivity contribution in [1.82, 2.24) is 5.32 Å². The molecule has 0 bridgehead atoms. The summed E-state index contributed by atoms with van der Waals surface area (Å²) in [7, 11) is -1.45. The zero-order valence-corrected chi connectivity index (χ0v) is 25.9. The first-order valence-electron chi connectivity index (χ1n) is 14.6. The lowest BCUT2D eigenvalue weighted by molar-refractivity contribution is -0.0129. The van der Waals surface area contributed by atoms with E-state index in [1.54, 1.807) is 0 Å². The average Bonchev–Trinajstić information content (AvgIpc) is 3.28. The molecule has 0 saturated carbocycles.